The zero-order valence-electron chi connectivity index (χ0n) is 20.7. The number of benzene rings is 3. The van der Waals surface area contributed by atoms with Gasteiger partial charge in [-0.2, -0.15) is 17.5 Å². The van der Waals surface area contributed by atoms with Gasteiger partial charge in [-0.1, -0.05) is 61.5 Å². The number of piperazine rings is 1. The molecule has 3 aromatic carbocycles. The van der Waals surface area contributed by atoms with Gasteiger partial charge in [-0.25, -0.2) is 8.42 Å². The van der Waals surface area contributed by atoms with Crippen molar-refractivity contribution in [2.24, 2.45) is 0 Å². The molecule has 1 aliphatic rings. The van der Waals surface area contributed by atoms with Gasteiger partial charge in [0.1, 0.15) is 6.10 Å². The van der Waals surface area contributed by atoms with E-state index in [1.54, 1.807) is 18.2 Å². The summed E-state index contributed by atoms with van der Waals surface area (Å²) < 4.78 is 73.5. The van der Waals surface area contributed by atoms with Crippen LogP contribution in [0, 0.1) is 0 Å². The number of aryl methyl sites for hydroxylation is 1. The smallest absolute Gasteiger partial charge is 0.367 e. The lowest BCUT2D eigenvalue weighted by atomic mass is 9.99. The Kier molecular flexibility index (Phi) is 8.69. The van der Waals surface area contributed by atoms with Crippen LogP contribution in [0.25, 0.3) is 0 Å². The van der Waals surface area contributed by atoms with Gasteiger partial charge >= 0.3 is 6.18 Å². The van der Waals surface area contributed by atoms with Crippen molar-refractivity contribution in [1.29, 1.82) is 0 Å². The molecule has 9 heteroatoms. The molecule has 0 aliphatic carbocycles. The highest BCUT2D eigenvalue weighted by atomic mass is 32.2. The molecule has 3 aromatic rings. The van der Waals surface area contributed by atoms with Gasteiger partial charge in [0.2, 0.25) is 10.0 Å². The zero-order valence-corrected chi connectivity index (χ0v) is 21.5. The molecule has 1 fully saturated rings. The van der Waals surface area contributed by atoms with Crippen LogP contribution in [0.15, 0.2) is 83.8 Å². The monoisotopic (exact) mass is 532 g/mol. The Labute approximate surface area is 216 Å². The molecule has 0 unspecified atom stereocenters. The van der Waals surface area contributed by atoms with Gasteiger partial charge in [-0.15, -0.1) is 0 Å². The summed E-state index contributed by atoms with van der Waals surface area (Å²) in [5.41, 5.74) is 1.58. The molecule has 4 rings (SSSR count). The molecule has 1 atom stereocenters. The van der Waals surface area contributed by atoms with E-state index in [9.17, 15) is 21.6 Å². The van der Waals surface area contributed by atoms with Crippen LogP contribution in [0.1, 0.15) is 35.3 Å². The van der Waals surface area contributed by atoms with Crippen LogP contribution in [0.4, 0.5) is 13.2 Å². The van der Waals surface area contributed by atoms with E-state index in [4.69, 9.17) is 4.74 Å². The minimum Gasteiger partial charge on any atom is -0.367 e. The molecule has 1 aliphatic heterocycles. The first-order chi connectivity index (χ1) is 17.7. The first-order valence-electron chi connectivity index (χ1n) is 12.3. The third-order valence-corrected chi connectivity index (χ3v) is 8.52. The molecular weight excluding hydrogens is 501 g/mol. The number of sulfonamides is 1. The molecule has 0 amide bonds. The minimum absolute atomic E-state index is 0.293. The number of ether oxygens (including phenoxy) is 1. The first-order valence-corrected chi connectivity index (χ1v) is 13.8. The molecule has 5 nitrogen and oxygen atoms in total. The Morgan fingerprint density at radius 1 is 0.865 bits per heavy atom. The minimum atomic E-state index is -4.44. The largest absolute Gasteiger partial charge is 0.416 e. The van der Waals surface area contributed by atoms with Gasteiger partial charge in [0.25, 0.3) is 0 Å². The van der Waals surface area contributed by atoms with Crippen molar-refractivity contribution < 1.29 is 26.3 Å². The lowest BCUT2D eigenvalue weighted by Gasteiger charge is -2.34. The van der Waals surface area contributed by atoms with Gasteiger partial charge in [0.05, 0.1) is 17.1 Å². The predicted molar refractivity (Wildman–Crippen MR) is 137 cm³/mol. The van der Waals surface area contributed by atoms with E-state index in [2.05, 4.69) is 4.90 Å². The number of hydrogen-bond acceptors (Lipinski definition) is 4. The maximum absolute atomic E-state index is 13.3. The zero-order chi connectivity index (χ0) is 26.5. The molecule has 0 radical (unpaired) electrons. The molecule has 0 spiro atoms. The van der Waals surface area contributed by atoms with E-state index in [1.165, 1.54) is 10.4 Å². The molecule has 0 N–H and O–H groups in total. The fourth-order valence-corrected chi connectivity index (χ4v) is 5.85. The fourth-order valence-electron chi connectivity index (χ4n) is 4.43. The summed E-state index contributed by atoms with van der Waals surface area (Å²) in [4.78, 5) is 2.41. The van der Waals surface area contributed by atoms with Crippen LogP contribution >= 0.6 is 0 Å². The summed E-state index contributed by atoms with van der Waals surface area (Å²) in [7, 11) is -3.55. The van der Waals surface area contributed by atoms with Gasteiger partial charge in [0.15, 0.2) is 0 Å². The van der Waals surface area contributed by atoms with Crippen molar-refractivity contribution in [3.8, 4) is 0 Å². The SMILES string of the molecule is CCc1ccc(S(=O)(=O)N2CCN(CCO[C@H](c3ccccc3)c3cccc(C(F)(F)F)c3)CC2)cc1. The quantitative estimate of drug-likeness (QED) is 0.371. The Morgan fingerprint density at radius 2 is 1.51 bits per heavy atom. The van der Waals surface area contributed by atoms with E-state index in [1.807, 2.05) is 49.4 Å². The van der Waals surface area contributed by atoms with Crippen molar-refractivity contribution in [1.82, 2.24) is 9.21 Å². The summed E-state index contributed by atoms with van der Waals surface area (Å²) in [6.07, 6.45) is -4.23. The van der Waals surface area contributed by atoms with E-state index in [0.717, 1.165) is 29.7 Å². The van der Waals surface area contributed by atoms with Gasteiger partial charge in [-0.3, -0.25) is 4.90 Å². The van der Waals surface area contributed by atoms with Crippen LogP contribution in [-0.2, 0) is 27.4 Å². The summed E-state index contributed by atoms with van der Waals surface area (Å²) >= 11 is 0. The van der Waals surface area contributed by atoms with Crippen LogP contribution in [0.2, 0.25) is 0 Å². The van der Waals surface area contributed by atoms with Crippen molar-refractivity contribution in [2.75, 3.05) is 39.3 Å². The van der Waals surface area contributed by atoms with Gasteiger partial charge in [0, 0.05) is 32.7 Å². The second-order valence-electron chi connectivity index (χ2n) is 9.03. The van der Waals surface area contributed by atoms with Crippen molar-refractivity contribution in [2.45, 2.75) is 30.5 Å². The number of nitrogens with zero attached hydrogens (tertiary/aromatic N) is 2. The standard InChI is InChI=1S/C28H31F3N2O3S/c1-2-22-11-13-26(14-12-22)37(34,35)33-17-15-32(16-18-33)19-20-36-27(23-7-4-3-5-8-23)24-9-6-10-25(21-24)28(29,30)31/h3-14,21,27H,2,15-20H2,1H3/t27-/m1/s1. The van der Waals surface area contributed by atoms with E-state index < -0.39 is 27.9 Å². The van der Waals surface area contributed by atoms with E-state index in [0.29, 0.717) is 49.8 Å². The van der Waals surface area contributed by atoms with E-state index >= 15 is 0 Å². The van der Waals surface area contributed by atoms with Gasteiger partial charge < -0.3 is 4.74 Å². The van der Waals surface area contributed by atoms with Crippen LogP contribution in [0.5, 0.6) is 0 Å². The van der Waals surface area contributed by atoms with Crippen LogP contribution in [-0.4, -0.2) is 57.0 Å². The topological polar surface area (TPSA) is 49.9 Å². The van der Waals surface area contributed by atoms with E-state index in [-0.39, 0.29) is 0 Å². The molecule has 0 bridgehead atoms. The molecule has 1 saturated heterocycles. The molecule has 198 valence electrons. The summed E-state index contributed by atoms with van der Waals surface area (Å²) in [6, 6.07) is 21.4. The summed E-state index contributed by atoms with van der Waals surface area (Å²) in [5.74, 6) is 0. The third-order valence-electron chi connectivity index (χ3n) is 6.61. The number of halogens is 3. The predicted octanol–water partition coefficient (Wildman–Crippen LogP) is 5.38. The molecule has 37 heavy (non-hydrogen) atoms. The third kappa shape index (κ3) is 6.78. The number of rotatable bonds is 9. The van der Waals surface area contributed by atoms with Crippen molar-refractivity contribution in [3.05, 3.63) is 101 Å². The average molecular weight is 533 g/mol. The van der Waals surface area contributed by atoms with Crippen molar-refractivity contribution in [3.63, 3.8) is 0 Å². The Morgan fingerprint density at radius 3 is 2.14 bits per heavy atom. The maximum atomic E-state index is 13.3. The lowest BCUT2D eigenvalue weighted by Crippen LogP contribution is -2.49. The molecular formula is C28H31F3N2O3S. The molecule has 0 aromatic heterocycles. The molecule has 0 saturated carbocycles. The lowest BCUT2D eigenvalue weighted by molar-refractivity contribution is -0.137. The second kappa shape index (κ2) is 11.8. The normalized spacial score (nSPS) is 16.5. The number of alkyl halides is 3. The summed E-state index contributed by atoms with van der Waals surface area (Å²) in [5, 5.41) is 0. The highest BCUT2D eigenvalue weighted by molar-refractivity contribution is 7.89. The van der Waals surface area contributed by atoms with Crippen molar-refractivity contribution >= 4 is 10.0 Å². The Hall–Kier alpha value is -2.72. The van der Waals surface area contributed by atoms with Gasteiger partial charge in [-0.05, 0) is 47.4 Å². The Balaban J connectivity index is 1.36. The average Bonchev–Trinajstić information content (AvgIpc) is 2.91. The highest BCUT2D eigenvalue weighted by Gasteiger charge is 2.32. The first kappa shape index (κ1) is 27.3. The second-order valence-corrected chi connectivity index (χ2v) is 11.0. The number of hydrogen-bond donors (Lipinski definition) is 0. The molecule has 1 heterocycles. The summed E-state index contributed by atoms with van der Waals surface area (Å²) in [6.45, 7) is 4.70. The highest BCUT2D eigenvalue weighted by Crippen LogP contribution is 2.33. The fraction of sp³-hybridized carbons (Fsp3) is 0.357. The Bertz CT molecular complexity index is 1260. The van der Waals surface area contributed by atoms with Crippen LogP contribution < -0.4 is 0 Å². The maximum Gasteiger partial charge on any atom is 0.416 e. The van der Waals surface area contributed by atoms with Crippen LogP contribution in [0.3, 0.4) is 0 Å².